The zero-order valence-corrected chi connectivity index (χ0v) is 5.81. The molecule has 1 amide bonds. The molecule has 0 aromatic rings. The third-order valence-electron chi connectivity index (χ3n) is 0.714. The Balaban J connectivity index is 3.46. The van der Waals surface area contributed by atoms with Crippen LogP contribution in [0.2, 0.25) is 0 Å². The smallest absolute Gasteiger partial charge is 0.235 e. The van der Waals surface area contributed by atoms with Crippen LogP contribution in [0.4, 0.5) is 0 Å². The van der Waals surface area contributed by atoms with Gasteiger partial charge in [0, 0.05) is 0 Å². The van der Waals surface area contributed by atoms with Crippen molar-refractivity contribution in [3.8, 4) is 0 Å². The number of rotatable bonds is 3. The van der Waals surface area contributed by atoms with Crippen LogP contribution in [0.15, 0.2) is 0 Å². The van der Waals surface area contributed by atoms with E-state index in [1.165, 1.54) is 0 Å². The molecule has 1 atom stereocenters. The fraction of sp³-hybridized carbons (Fsp3) is 0.600. The molecule has 0 aliphatic rings. The minimum absolute atomic E-state index is 0.0990. The van der Waals surface area contributed by atoms with E-state index in [9.17, 15) is 9.59 Å². The molecule has 0 aromatic heterocycles. The molecular formula is C5H8ClNO2. The third kappa shape index (κ3) is 3.97. The van der Waals surface area contributed by atoms with Gasteiger partial charge < -0.3 is 10.1 Å². The van der Waals surface area contributed by atoms with Gasteiger partial charge >= 0.3 is 0 Å². The van der Waals surface area contributed by atoms with E-state index in [0.717, 1.165) is 0 Å². The van der Waals surface area contributed by atoms with E-state index in [0.29, 0.717) is 6.29 Å². The van der Waals surface area contributed by atoms with Crippen LogP contribution in [0.3, 0.4) is 0 Å². The fourth-order valence-corrected chi connectivity index (χ4v) is 0.404. The molecule has 0 rings (SSSR count). The van der Waals surface area contributed by atoms with E-state index < -0.39 is 6.04 Å². The molecular weight excluding hydrogens is 142 g/mol. The number of aldehydes is 1. The molecule has 9 heavy (non-hydrogen) atoms. The van der Waals surface area contributed by atoms with Crippen molar-refractivity contribution in [3.05, 3.63) is 0 Å². The molecule has 0 bridgehead atoms. The SMILES string of the molecule is C[C@H](C=O)NC(=O)CCl. The van der Waals surface area contributed by atoms with Crippen LogP contribution in [0, 0.1) is 0 Å². The van der Waals surface area contributed by atoms with Crippen molar-refractivity contribution < 1.29 is 9.59 Å². The van der Waals surface area contributed by atoms with Crippen LogP contribution in [-0.2, 0) is 9.59 Å². The summed E-state index contributed by atoms with van der Waals surface area (Å²) in [6.45, 7) is 1.58. The van der Waals surface area contributed by atoms with Crippen molar-refractivity contribution in [2.75, 3.05) is 5.88 Å². The average molecular weight is 150 g/mol. The Bertz CT molecular complexity index is 116. The second kappa shape index (κ2) is 4.32. The van der Waals surface area contributed by atoms with Gasteiger partial charge in [-0.2, -0.15) is 0 Å². The van der Waals surface area contributed by atoms with Crippen LogP contribution in [0.5, 0.6) is 0 Å². The van der Waals surface area contributed by atoms with Gasteiger partial charge in [-0.1, -0.05) is 0 Å². The minimum atomic E-state index is -0.434. The predicted molar refractivity (Wildman–Crippen MR) is 34.4 cm³/mol. The van der Waals surface area contributed by atoms with Crippen LogP contribution in [0.1, 0.15) is 6.92 Å². The van der Waals surface area contributed by atoms with Gasteiger partial charge in [-0.25, -0.2) is 0 Å². The predicted octanol–water partition coefficient (Wildman–Crippen LogP) is -0.0712. The molecule has 0 saturated heterocycles. The first-order valence-corrected chi connectivity index (χ1v) is 3.04. The highest BCUT2D eigenvalue weighted by atomic mass is 35.5. The second-order valence-corrected chi connectivity index (χ2v) is 1.89. The molecule has 0 aliphatic heterocycles. The van der Waals surface area contributed by atoms with Crippen molar-refractivity contribution in [2.24, 2.45) is 0 Å². The summed E-state index contributed by atoms with van der Waals surface area (Å²) in [7, 11) is 0. The van der Waals surface area contributed by atoms with E-state index >= 15 is 0 Å². The third-order valence-corrected chi connectivity index (χ3v) is 0.957. The maximum absolute atomic E-state index is 10.4. The second-order valence-electron chi connectivity index (χ2n) is 1.63. The molecule has 3 nitrogen and oxygen atoms in total. The maximum atomic E-state index is 10.4. The van der Waals surface area contributed by atoms with Crippen molar-refractivity contribution in [2.45, 2.75) is 13.0 Å². The molecule has 0 spiro atoms. The Morgan fingerprint density at radius 2 is 2.44 bits per heavy atom. The number of halogens is 1. The number of alkyl halides is 1. The number of hydrogen-bond donors (Lipinski definition) is 1. The molecule has 0 unspecified atom stereocenters. The van der Waals surface area contributed by atoms with Crippen LogP contribution < -0.4 is 5.32 Å². The summed E-state index contributed by atoms with van der Waals surface area (Å²) in [5, 5.41) is 2.34. The number of nitrogens with one attached hydrogen (secondary N) is 1. The standard InChI is InChI=1S/C5H8ClNO2/c1-4(3-8)7-5(9)2-6/h3-4H,2H2,1H3,(H,7,9)/t4-/m1/s1. The van der Waals surface area contributed by atoms with Crippen molar-refractivity contribution >= 4 is 23.8 Å². The van der Waals surface area contributed by atoms with E-state index in [2.05, 4.69) is 5.32 Å². The lowest BCUT2D eigenvalue weighted by atomic mass is 10.4. The first-order chi connectivity index (χ1) is 4.20. The first kappa shape index (κ1) is 8.43. The topological polar surface area (TPSA) is 46.2 Å². The summed E-state index contributed by atoms with van der Waals surface area (Å²) in [6.07, 6.45) is 0.643. The van der Waals surface area contributed by atoms with Crippen LogP contribution >= 0.6 is 11.6 Å². The summed E-state index contributed by atoms with van der Waals surface area (Å²) in [6, 6.07) is -0.434. The molecule has 0 fully saturated rings. The van der Waals surface area contributed by atoms with Crippen LogP contribution in [0.25, 0.3) is 0 Å². The first-order valence-electron chi connectivity index (χ1n) is 2.51. The molecule has 52 valence electrons. The van der Waals surface area contributed by atoms with Gasteiger partial charge in [-0.05, 0) is 6.92 Å². The van der Waals surface area contributed by atoms with Gasteiger partial charge in [0.25, 0.3) is 0 Å². The highest BCUT2D eigenvalue weighted by molar-refractivity contribution is 6.27. The number of hydrogen-bond acceptors (Lipinski definition) is 2. The van der Waals surface area contributed by atoms with Crippen molar-refractivity contribution in [3.63, 3.8) is 0 Å². The Morgan fingerprint density at radius 3 is 2.78 bits per heavy atom. The Labute approximate surface area is 58.4 Å². The van der Waals surface area contributed by atoms with E-state index in [-0.39, 0.29) is 11.8 Å². The Hall–Kier alpha value is -0.570. The Kier molecular flexibility index (Phi) is 4.05. The minimum Gasteiger partial charge on any atom is -0.346 e. The Morgan fingerprint density at radius 1 is 1.89 bits per heavy atom. The molecule has 0 aliphatic carbocycles. The summed E-state index contributed by atoms with van der Waals surface area (Å²) < 4.78 is 0. The monoisotopic (exact) mass is 149 g/mol. The molecule has 4 heteroatoms. The van der Waals surface area contributed by atoms with E-state index in [1.807, 2.05) is 0 Å². The average Bonchev–Trinajstić information content (AvgIpc) is 1.87. The van der Waals surface area contributed by atoms with Gasteiger partial charge in [0.2, 0.25) is 5.91 Å². The van der Waals surface area contributed by atoms with Crippen molar-refractivity contribution in [1.29, 1.82) is 0 Å². The normalized spacial score (nSPS) is 12.2. The molecule has 1 N–H and O–H groups in total. The van der Waals surface area contributed by atoms with Crippen LogP contribution in [-0.4, -0.2) is 24.1 Å². The number of carbonyl (C=O) groups excluding carboxylic acids is 2. The molecule has 0 heterocycles. The summed E-state index contributed by atoms with van der Waals surface area (Å²) >= 11 is 5.13. The lowest BCUT2D eigenvalue weighted by Gasteiger charge is -2.02. The van der Waals surface area contributed by atoms with Gasteiger partial charge in [0.05, 0.1) is 6.04 Å². The summed E-state index contributed by atoms with van der Waals surface area (Å²) in [5.41, 5.74) is 0. The maximum Gasteiger partial charge on any atom is 0.235 e. The van der Waals surface area contributed by atoms with Gasteiger partial charge in [-0.15, -0.1) is 11.6 Å². The number of carbonyl (C=O) groups is 2. The highest BCUT2D eigenvalue weighted by Crippen LogP contribution is 1.77. The zero-order chi connectivity index (χ0) is 7.28. The van der Waals surface area contributed by atoms with Gasteiger partial charge in [0.15, 0.2) is 0 Å². The van der Waals surface area contributed by atoms with Gasteiger partial charge in [-0.3, -0.25) is 4.79 Å². The fourth-order valence-electron chi connectivity index (χ4n) is 0.327. The highest BCUT2D eigenvalue weighted by Gasteiger charge is 2.02. The van der Waals surface area contributed by atoms with E-state index in [4.69, 9.17) is 11.6 Å². The molecule has 0 saturated carbocycles. The zero-order valence-electron chi connectivity index (χ0n) is 5.06. The number of amides is 1. The summed E-state index contributed by atoms with van der Waals surface area (Å²) in [5.74, 6) is -0.422. The van der Waals surface area contributed by atoms with Crippen molar-refractivity contribution in [1.82, 2.24) is 5.32 Å². The van der Waals surface area contributed by atoms with Gasteiger partial charge in [0.1, 0.15) is 12.2 Å². The lowest BCUT2D eigenvalue weighted by Crippen LogP contribution is -2.34. The molecule has 0 radical (unpaired) electrons. The van der Waals surface area contributed by atoms with E-state index in [1.54, 1.807) is 6.92 Å². The molecule has 0 aromatic carbocycles. The largest absolute Gasteiger partial charge is 0.346 e. The summed E-state index contributed by atoms with van der Waals surface area (Å²) in [4.78, 5) is 20.3. The quantitative estimate of drug-likeness (QED) is 0.451. The lowest BCUT2D eigenvalue weighted by molar-refractivity contribution is -0.121.